The predicted octanol–water partition coefficient (Wildman–Crippen LogP) is 2.02. The van der Waals surface area contributed by atoms with Crippen LogP contribution in [0.15, 0.2) is 0 Å². The van der Waals surface area contributed by atoms with Gasteiger partial charge in [-0.15, -0.1) is 0 Å². The molecule has 16 heavy (non-hydrogen) atoms. The fraction of sp³-hybridized carbons (Fsp3) is 1.00. The fourth-order valence-electron chi connectivity index (χ4n) is 1.81. The van der Waals surface area contributed by atoms with Crippen molar-refractivity contribution in [3.05, 3.63) is 0 Å². The number of hydrogen-bond donors (Lipinski definition) is 0. The first kappa shape index (κ1) is 14.1. The maximum absolute atomic E-state index is 5.40. The first-order valence-corrected chi connectivity index (χ1v) is 7.87. The van der Waals surface area contributed by atoms with Crippen LogP contribution in [0, 0.1) is 0 Å². The number of piperidine rings is 1. The highest BCUT2D eigenvalue weighted by Gasteiger charge is 2.46. The third-order valence-electron chi connectivity index (χ3n) is 2.87. The molecule has 0 spiro atoms. The number of rotatable bonds is 4. The second kappa shape index (κ2) is 7.40. The van der Waals surface area contributed by atoms with Crippen molar-refractivity contribution in [2.75, 3.05) is 34.4 Å². The first-order chi connectivity index (χ1) is 7.79. The summed E-state index contributed by atoms with van der Waals surface area (Å²) in [6, 6.07) is 0. The molecule has 2 fully saturated rings. The second-order valence-corrected chi connectivity index (χ2v) is 7.15. The highest BCUT2D eigenvalue weighted by molar-refractivity contribution is 6.57. The van der Waals surface area contributed by atoms with E-state index in [-0.39, 0.29) is 0 Å². The number of nitrogens with zero attached hydrogens (tertiary/aromatic N) is 1. The SMILES string of the molecule is C1CC1.CO[Si](OC)(OC)N1CCCCC1. The Morgan fingerprint density at radius 1 is 0.688 bits per heavy atom. The van der Waals surface area contributed by atoms with E-state index in [1.165, 1.54) is 38.5 Å². The predicted molar refractivity (Wildman–Crippen MR) is 66.1 cm³/mol. The molecule has 0 atom stereocenters. The van der Waals surface area contributed by atoms with Crippen molar-refractivity contribution in [2.45, 2.75) is 38.5 Å². The van der Waals surface area contributed by atoms with Crippen LogP contribution in [-0.4, -0.2) is 48.0 Å². The van der Waals surface area contributed by atoms with Gasteiger partial charge in [0.15, 0.2) is 0 Å². The van der Waals surface area contributed by atoms with Crippen LogP contribution >= 0.6 is 0 Å². The molecule has 0 aromatic carbocycles. The summed E-state index contributed by atoms with van der Waals surface area (Å²) in [5, 5.41) is 0. The highest BCUT2D eigenvalue weighted by Crippen LogP contribution is 2.19. The van der Waals surface area contributed by atoms with E-state index >= 15 is 0 Å². The van der Waals surface area contributed by atoms with Crippen molar-refractivity contribution in [1.82, 2.24) is 4.57 Å². The Kier molecular flexibility index (Phi) is 6.53. The van der Waals surface area contributed by atoms with E-state index in [2.05, 4.69) is 4.57 Å². The molecule has 2 rings (SSSR count). The quantitative estimate of drug-likeness (QED) is 0.711. The zero-order chi connectivity index (χ0) is 11.9. The Hall–Kier alpha value is 0.0569. The Morgan fingerprint density at radius 3 is 1.38 bits per heavy atom. The third kappa shape index (κ3) is 4.14. The van der Waals surface area contributed by atoms with Gasteiger partial charge in [0, 0.05) is 21.3 Å². The summed E-state index contributed by atoms with van der Waals surface area (Å²) in [6.45, 7) is 2.06. The van der Waals surface area contributed by atoms with Gasteiger partial charge in [-0.25, -0.2) is 0 Å². The lowest BCUT2D eigenvalue weighted by Gasteiger charge is -2.37. The monoisotopic (exact) mass is 247 g/mol. The zero-order valence-corrected chi connectivity index (χ0v) is 11.8. The van der Waals surface area contributed by atoms with Crippen LogP contribution in [0.3, 0.4) is 0 Å². The maximum atomic E-state index is 5.40. The molecular weight excluding hydrogens is 222 g/mol. The van der Waals surface area contributed by atoms with Gasteiger partial charge in [-0.05, 0) is 25.9 Å². The van der Waals surface area contributed by atoms with E-state index in [0.29, 0.717) is 0 Å². The molecule has 1 saturated carbocycles. The van der Waals surface area contributed by atoms with Crippen LogP contribution in [0.4, 0.5) is 0 Å². The summed E-state index contributed by atoms with van der Waals surface area (Å²) in [7, 11) is 2.50. The van der Waals surface area contributed by atoms with Gasteiger partial charge in [0.2, 0.25) is 0 Å². The van der Waals surface area contributed by atoms with Crippen molar-refractivity contribution in [2.24, 2.45) is 0 Å². The van der Waals surface area contributed by atoms with Crippen molar-refractivity contribution < 1.29 is 13.3 Å². The molecule has 0 bridgehead atoms. The van der Waals surface area contributed by atoms with Gasteiger partial charge in [0.1, 0.15) is 0 Å². The molecule has 96 valence electrons. The minimum atomic E-state index is -2.48. The summed E-state index contributed by atoms with van der Waals surface area (Å²) in [5.74, 6) is 0. The van der Waals surface area contributed by atoms with Crippen molar-refractivity contribution in [1.29, 1.82) is 0 Å². The molecule has 0 aromatic heterocycles. The Morgan fingerprint density at radius 2 is 1.06 bits per heavy atom. The average molecular weight is 247 g/mol. The van der Waals surface area contributed by atoms with E-state index in [1.807, 2.05) is 0 Å². The molecule has 0 unspecified atom stereocenters. The van der Waals surface area contributed by atoms with E-state index in [9.17, 15) is 0 Å². The molecule has 1 heterocycles. The Bertz CT molecular complexity index is 169. The minimum absolute atomic E-state index is 1.03. The average Bonchev–Trinajstić information content (AvgIpc) is 3.21. The molecular formula is C11H25NO3Si. The molecule has 0 radical (unpaired) electrons. The zero-order valence-electron chi connectivity index (χ0n) is 10.8. The van der Waals surface area contributed by atoms with Crippen LogP contribution in [0.2, 0.25) is 0 Å². The maximum Gasteiger partial charge on any atom is 0.598 e. The molecule has 5 heteroatoms. The molecule has 1 saturated heterocycles. The molecule has 0 amide bonds. The molecule has 0 N–H and O–H groups in total. The minimum Gasteiger partial charge on any atom is -0.364 e. The van der Waals surface area contributed by atoms with Gasteiger partial charge < -0.3 is 13.3 Å². The van der Waals surface area contributed by atoms with Crippen LogP contribution < -0.4 is 0 Å². The standard InChI is InChI=1S/C8H19NO3Si.C3H6/c1-10-13(11-2,12-3)9-7-5-4-6-8-9;1-2-3-1/h4-8H2,1-3H3;1-3H2. The van der Waals surface area contributed by atoms with Crippen LogP contribution in [0.25, 0.3) is 0 Å². The topological polar surface area (TPSA) is 30.9 Å². The van der Waals surface area contributed by atoms with Crippen LogP contribution in [0.1, 0.15) is 38.5 Å². The van der Waals surface area contributed by atoms with Crippen molar-refractivity contribution in [3.63, 3.8) is 0 Å². The Balaban J connectivity index is 0.000000365. The smallest absolute Gasteiger partial charge is 0.364 e. The lowest BCUT2D eigenvalue weighted by Crippen LogP contribution is -2.60. The second-order valence-electron chi connectivity index (χ2n) is 4.24. The molecule has 0 aromatic rings. The van der Waals surface area contributed by atoms with Gasteiger partial charge in [0.25, 0.3) is 0 Å². The van der Waals surface area contributed by atoms with Gasteiger partial charge in [-0.1, -0.05) is 25.7 Å². The summed E-state index contributed by atoms with van der Waals surface area (Å²) < 4.78 is 18.4. The van der Waals surface area contributed by atoms with Crippen LogP contribution in [0.5, 0.6) is 0 Å². The Labute approximate surface area is 100 Å². The summed E-state index contributed by atoms with van der Waals surface area (Å²) in [6.07, 6.45) is 8.23. The van der Waals surface area contributed by atoms with Crippen molar-refractivity contribution in [3.8, 4) is 0 Å². The molecule has 1 aliphatic heterocycles. The summed E-state index contributed by atoms with van der Waals surface area (Å²) in [4.78, 5) is 0. The first-order valence-electron chi connectivity index (χ1n) is 6.19. The fourth-order valence-corrected chi connectivity index (χ4v) is 3.94. The van der Waals surface area contributed by atoms with Gasteiger partial charge in [0.05, 0.1) is 0 Å². The normalized spacial score (nSPS) is 21.2. The summed E-state index contributed by atoms with van der Waals surface area (Å²) in [5.41, 5.74) is 0. The third-order valence-corrected chi connectivity index (χ3v) is 5.64. The van der Waals surface area contributed by atoms with Gasteiger partial charge in [-0.3, -0.25) is 4.57 Å². The van der Waals surface area contributed by atoms with Crippen LogP contribution in [-0.2, 0) is 13.3 Å². The lowest BCUT2D eigenvalue weighted by atomic mass is 10.2. The largest absolute Gasteiger partial charge is 0.598 e. The van der Waals surface area contributed by atoms with Gasteiger partial charge >= 0.3 is 8.97 Å². The van der Waals surface area contributed by atoms with Crippen molar-refractivity contribution >= 4 is 8.97 Å². The van der Waals surface area contributed by atoms with E-state index in [4.69, 9.17) is 13.3 Å². The van der Waals surface area contributed by atoms with E-state index in [0.717, 1.165) is 13.1 Å². The number of hydrogen-bond acceptors (Lipinski definition) is 4. The lowest BCUT2D eigenvalue weighted by molar-refractivity contribution is 0.0507. The molecule has 1 aliphatic carbocycles. The molecule has 4 nitrogen and oxygen atoms in total. The van der Waals surface area contributed by atoms with E-state index in [1.54, 1.807) is 21.3 Å². The van der Waals surface area contributed by atoms with E-state index < -0.39 is 8.97 Å². The van der Waals surface area contributed by atoms with Gasteiger partial charge in [-0.2, -0.15) is 0 Å². The highest BCUT2D eigenvalue weighted by atomic mass is 28.4. The summed E-state index contributed by atoms with van der Waals surface area (Å²) >= 11 is 0. The molecule has 2 aliphatic rings.